The second-order valence-electron chi connectivity index (χ2n) is 9.13. The van der Waals surface area contributed by atoms with Crippen molar-refractivity contribution in [3.05, 3.63) is 131 Å². The van der Waals surface area contributed by atoms with E-state index in [0.717, 1.165) is 15.4 Å². The van der Waals surface area contributed by atoms with Gasteiger partial charge in [0.25, 0.3) is 10.0 Å². The highest BCUT2D eigenvalue weighted by Gasteiger charge is 2.34. The maximum absolute atomic E-state index is 14.1. The molecule has 4 rings (SSSR count). The highest BCUT2D eigenvalue weighted by atomic mass is 35.5. The number of para-hydroxylation sites is 1. The number of halogens is 1. The highest BCUT2D eigenvalue weighted by Crippen LogP contribution is 2.25. The summed E-state index contributed by atoms with van der Waals surface area (Å²) < 4.78 is 28.8. The van der Waals surface area contributed by atoms with E-state index < -0.39 is 28.5 Å². The number of anilines is 1. The van der Waals surface area contributed by atoms with E-state index in [0.29, 0.717) is 10.7 Å². The number of amides is 2. The van der Waals surface area contributed by atoms with Crippen molar-refractivity contribution >= 4 is 39.1 Å². The van der Waals surface area contributed by atoms with Crippen LogP contribution in [0, 0.1) is 0 Å². The normalized spacial score (nSPS) is 11.8. The molecule has 0 aliphatic carbocycles. The average Bonchev–Trinajstić information content (AvgIpc) is 2.98. The second-order valence-corrected chi connectivity index (χ2v) is 11.4. The van der Waals surface area contributed by atoms with E-state index >= 15 is 0 Å². The first-order valence-electron chi connectivity index (χ1n) is 12.7. The summed E-state index contributed by atoms with van der Waals surface area (Å²) in [5.74, 6) is -0.866. The van der Waals surface area contributed by atoms with Crippen LogP contribution in [0.4, 0.5) is 5.69 Å². The molecule has 0 unspecified atom stereocenters. The van der Waals surface area contributed by atoms with Gasteiger partial charge in [0.2, 0.25) is 11.8 Å². The van der Waals surface area contributed by atoms with Gasteiger partial charge in [-0.05, 0) is 47.5 Å². The quantitative estimate of drug-likeness (QED) is 0.275. The molecular formula is C31H30ClN3O4S. The molecule has 206 valence electrons. The van der Waals surface area contributed by atoms with Gasteiger partial charge in [0.1, 0.15) is 12.6 Å². The molecule has 0 saturated carbocycles. The lowest BCUT2D eigenvalue weighted by Gasteiger charge is -2.33. The highest BCUT2D eigenvalue weighted by molar-refractivity contribution is 7.92. The monoisotopic (exact) mass is 575 g/mol. The third-order valence-corrected chi connectivity index (χ3v) is 8.48. The number of nitrogens with zero attached hydrogens (tertiary/aromatic N) is 2. The number of nitrogens with one attached hydrogen (secondary N) is 1. The zero-order valence-corrected chi connectivity index (χ0v) is 23.6. The molecule has 1 atom stereocenters. The van der Waals surface area contributed by atoms with E-state index in [1.165, 1.54) is 36.2 Å². The number of sulfonamides is 1. The van der Waals surface area contributed by atoms with Crippen molar-refractivity contribution in [2.75, 3.05) is 17.9 Å². The predicted octanol–water partition coefficient (Wildman–Crippen LogP) is 4.92. The predicted molar refractivity (Wildman–Crippen MR) is 157 cm³/mol. The molecule has 7 nitrogen and oxygen atoms in total. The number of likely N-dealkylation sites (N-methyl/N-ethyl adjacent to an activating group) is 1. The third kappa shape index (κ3) is 7.08. The van der Waals surface area contributed by atoms with Gasteiger partial charge in [-0.1, -0.05) is 90.5 Å². The van der Waals surface area contributed by atoms with Gasteiger partial charge >= 0.3 is 0 Å². The van der Waals surface area contributed by atoms with E-state index in [4.69, 9.17) is 11.6 Å². The van der Waals surface area contributed by atoms with Crippen molar-refractivity contribution in [1.29, 1.82) is 0 Å². The summed E-state index contributed by atoms with van der Waals surface area (Å²) in [5.41, 5.74) is 2.00. The Hall–Kier alpha value is -4.14. The van der Waals surface area contributed by atoms with Crippen LogP contribution in [0.25, 0.3) is 0 Å². The molecule has 0 radical (unpaired) electrons. The lowest BCUT2D eigenvalue weighted by Crippen LogP contribution is -2.53. The minimum atomic E-state index is -4.16. The molecule has 0 aromatic heterocycles. The van der Waals surface area contributed by atoms with Crippen LogP contribution < -0.4 is 9.62 Å². The van der Waals surface area contributed by atoms with E-state index in [-0.39, 0.29) is 23.8 Å². The fourth-order valence-corrected chi connectivity index (χ4v) is 5.90. The Labute approximate surface area is 240 Å². The van der Waals surface area contributed by atoms with Crippen molar-refractivity contribution in [2.24, 2.45) is 0 Å². The summed E-state index contributed by atoms with van der Waals surface area (Å²) in [6, 6.07) is 32.0. The first kappa shape index (κ1) is 28.9. The molecule has 40 heavy (non-hydrogen) atoms. The Morgan fingerprint density at radius 2 is 1.30 bits per heavy atom. The van der Waals surface area contributed by atoms with Crippen molar-refractivity contribution in [2.45, 2.75) is 23.9 Å². The van der Waals surface area contributed by atoms with Crippen molar-refractivity contribution in [3.8, 4) is 0 Å². The average molecular weight is 576 g/mol. The molecule has 0 bridgehead atoms. The first-order chi connectivity index (χ1) is 19.3. The van der Waals surface area contributed by atoms with Crippen LogP contribution in [0.5, 0.6) is 0 Å². The van der Waals surface area contributed by atoms with Gasteiger partial charge < -0.3 is 10.2 Å². The van der Waals surface area contributed by atoms with Gasteiger partial charge in [-0.2, -0.15) is 0 Å². The maximum atomic E-state index is 14.1. The molecule has 4 aromatic carbocycles. The molecule has 1 N–H and O–H groups in total. The fourth-order valence-electron chi connectivity index (χ4n) is 4.36. The number of benzene rings is 4. The number of carbonyl (C=O) groups excluding carboxylic acids is 2. The van der Waals surface area contributed by atoms with E-state index in [1.54, 1.807) is 30.3 Å². The smallest absolute Gasteiger partial charge is 0.264 e. The molecule has 0 fully saturated rings. The van der Waals surface area contributed by atoms with Gasteiger partial charge in [0.05, 0.1) is 10.6 Å². The van der Waals surface area contributed by atoms with Crippen LogP contribution in [0.1, 0.15) is 11.1 Å². The molecule has 0 saturated heterocycles. The molecule has 0 spiro atoms. The summed E-state index contributed by atoms with van der Waals surface area (Å²) in [7, 11) is -2.64. The minimum absolute atomic E-state index is 0.00435. The largest absolute Gasteiger partial charge is 0.357 e. The number of carbonyl (C=O) groups is 2. The molecular weight excluding hydrogens is 546 g/mol. The zero-order chi connectivity index (χ0) is 28.5. The fraction of sp³-hybridized carbons (Fsp3) is 0.161. The molecule has 9 heteroatoms. The van der Waals surface area contributed by atoms with Gasteiger partial charge in [0.15, 0.2) is 0 Å². The number of rotatable bonds is 11. The Morgan fingerprint density at radius 1 is 0.775 bits per heavy atom. The van der Waals surface area contributed by atoms with Crippen molar-refractivity contribution in [1.82, 2.24) is 10.2 Å². The summed E-state index contributed by atoms with van der Waals surface area (Å²) in [6.45, 7) is -0.391. The third-order valence-electron chi connectivity index (χ3n) is 6.44. The standard InChI is InChI=1S/C31H30ClN3O4S/c1-33-31(37)29(21-24-11-5-2-6-12-24)34(22-25-13-7-3-8-14-25)30(36)23-35(27-15-9-4-10-16-27)40(38,39)28-19-17-26(32)18-20-28/h2-20,29H,21-23H2,1H3,(H,33,37)/t29-/m1/s1. The van der Waals surface area contributed by atoms with Crippen LogP contribution in [-0.2, 0) is 32.6 Å². The van der Waals surface area contributed by atoms with Crippen LogP contribution in [-0.4, -0.2) is 44.8 Å². The molecule has 0 aliphatic rings. The van der Waals surface area contributed by atoms with E-state index in [2.05, 4.69) is 5.32 Å². The van der Waals surface area contributed by atoms with Crippen LogP contribution >= 0.6 is 11.6 Å². The van der Waals surface area contributed by atoms with Gasteiger partial charge in [-0.25, -0.2) is 8.42 Å². The van der Waals surface area contributed by atoms with Crippen LogP contribution in [0.15, 0.2) is 120 Å². The molecule has 2 amide bonds. The lowest BCUT2D eigenvalue weighted by atomic mass is 10.0. The van der Waals surface area contributed by atoms with Crippen LogP contribution in [0.2, 0.25) is 5.02 Å². The Morgan fingerprint density at radius 3 is 1.85 bits per heavy atom. The topological polar surface area (TPSA) is 86.8 Å². The number of hydrogen-bond acceptors (Lipinski definition) is 4. The maximum Gasteiger partial charge on any atom is 0.264 e. The van der Waals surface area contributed by atoms with Gasteiger partial charge in [-0.3, -0.25) is 13.9 Å². The van der Waals surface area contributed by atoms with E-state index in [1.807, 2.05) is 60.7 Å². The minimum Gasteiger partial charge on any atom is -0.357 e. The van der Waals surface area contributed by atoms with Crippen LogP contribution in [0.3, 0.4) is 0 Å². The molecule has 4 aromatic rings. The Bertz CT molecular complexity index is 1520. The van der Waals surface area contributed by atoms with Crippen molar-refractivity contribution < 1.29 is 18.0 Å². The SMILES string of the molecule is CNC(=O)[C@@H](Cc1ccccc1)N(Cc1ccccc1)C(=O)CN(c1ccccc1)S(=O)(=O)c1ccc(Cl)cc1. The molecule has 0 aliphatic heterocycles. The summed E-state index contributed by atoms with van der Waals surface area (Å²) in [6.07, 6.45) is 0.258. The zero-order valence-electron chi connectivity index (χ0n) is 22.0. The first-order valence-corrected chi connectivity index (χ1v) is 14.5. The summed E-state index contributed by atoms with van der Waals surface area (Å²) in [4.78, 5) is 28.8. The van der Waals surface area contributed by atoms with Gasteiger partial charge in [-0.15, -0.1) is 0 Å². The Kier molecular flexibility index (Phi) is 9.58. The molecule has 0 heterocycles. The Balaban J connectivity index is 1.75. The second kappa shape index (κ2) is 13.3. The summed E-state index contributed by atoms with van der Waals surface area (Å²) >= 11 is 6.00. The van der Waals surface area contributed by atoms with Gasteiger partial charge in [0, 0.05) is 25.0 Å². The number of hydrogen-bond donors (Lipinski definition) is 1. The van der Waals surface area contributed by atoms with E-state index in [9.17, 15) is 18.0 Å². The van der Waals surface area contributed by atoms with Crippen molar-refractivity contribution in [3.63, 3.8) is 0 Å². The lowest BCUT2D eigenvalue weighted by molar-refractivity contribution is -0.139. The summed E-state index contributed by atoms with van der Waals surface area (Å²) in [5, 5.41) is 3.07.